The maximum atomic E-state index is 12.6. The molecule has 0 radical (unpaired) electrons. The Balaban J connectivity index is 1.55. The number of hydrogen-bond donors (Lipinski definition) is 2. The Bertz CT molecular complexity index is 779. The monoisotopic (exact) mass is 435 g/mol. The van der Waals surface area contributed by atoms with Crippen molar-refractivity contribution in [3.05, 3.63) is 50.6 Å². The minimum Gasteiger partial charge on any atom is -0.333 e. The quantitative estimate of drug-likeness (QED) is 0.748. The maximum Gasteiger partial charge on any atom is 0.317 e. The third-order valence-corrected chi connectivity index (χ3v) is 5.89. The Kier molecular flexibility index (Phi) is 6.32. The number of piperidine rings is 1. The highest BCUT2D eigenvalue weighted by molar-refractivity contribution is 9.10. The van der Waals surface area contributed by atoms with E-state index < -0.39 is 0 Å². The fraction of sp³-hybridized carbons (Fsp3) is 0.368. The molecule has 1 aromatic heterocycles. The number of benzene rings is 1. The average Bonchev–Trinajstić information content (AvgIpc) is 3.15. The summed E-state index contributed by atoms with van der Waals surface area (Å²) in [6, 6.07) is 9.64. The molecule has 1 unspecified atom stereocenters. The third-order valence-electron chi connectivity index (χ3n) is 4.52. The molecule has 1 saturated heterocycles. The molecule has 2 N–H and O–H groups in total. The number of rotatable bonds is 4. The number of nitrogens with one attached hydrogen (secondary N) is 2. The van der Waals surface area contributed by atoms with Crippen molar-refractivity contribution >= 4 is 44.9 Å². The van der Waals surface area contributed by atoms with Gasteiger partial charge in [0.15, 0.2) is 0 Å². The minimum atomic E-state index is -0.181. The molecule has 1 aromatic carbocycles. The van der Waals surface area contributed by atoms with E-state index in [0.29, 0.717) is 19.6 Å². The molecule has 2 heterocycles. The summed E-state index contributed by atoms with van der Waals surface area (Å²) >= 11 is 5.05. The van der Waals surface area contributed by atoms with E-state index in [2.05, 4.69) is 26.6 Å². The van der Waals surface area contributed by atoms with Gasteiger partial charge in [-0.05, 0) is 55.0 Å². The van der Waals surface area contributed by atoms with Gasteiger partial charge in [-0.2, -0.15) is 0 Å². The van der Waals surface area contributed by atoms with Crippen LogP contribution in [0, 0.1) is 12.8 Å². The van der Waals surface area contributed by atoms with Crippen molar-refractivity contribution in [3.63, 3.8) is 0 Å². The summed E-state index contributed by atoms with van der Waals surface area (Å²) in [6.45, 7) is 3.64. The molecule has 5 nitrogen and oxygen atoms in total. The first kappa shape index (κ1) is 18.9. The lowest BCUT2D eigenvalue weighted by atomic mass is 9.97. The summed E-state index contributed by atoms with van der Waals surface area (Å²) in [6.07, 6.45) is 1.64. The van der Waals surface area contributed by atoms with E-state index in [1.165, 1.54) is 0 Å². The Hall–Kier alpha value is -1.86. The predicted molar refractivity (Wildman–Crippen MR) is 108 cm³/mol. The van der Waals surface area contributed by atoms with Crippen LogP contribution in [0.4, 0.5) is 10.5 Å². The molecule has 1 fully saturated rings. The van der Waals surface area contributed by atoms with Crippen molar-refractivity contribution in [1.29, 1.82) is 0 Å². The van der Waals surface area contributed by atoms with Gasteiger partial charge in [0.1, 0.15) is 0 Å². The summed E-state index contributed by atoms with van der Waals surface area (Å²) in [7, 11) is 0. The largest absolute Gasteiger partial charge is 0.333 e. The topological polar surface area (TPSA) is 61.4 Å². The van der Waals surface area contributed by atoms with Crippen molar-refractivity contribution in [1.82, 2.24) is 10.2 Å². The number of urea groups is 1. The Morgan fingerprint density at radius 2 is 2.19 bits per heavy atom. The number of aryl methyl sites for hydroxylation is 1. The molecule has 1 aliphatic heterocycles. The molecule has 0 saturated carbocycles. The second-order valence-electron chi connectivity index (χ2n) is 6.47. The van der Waals surface area contributed by atoms with Crippen LogP contribution in [-0.4, -0.2) is 29.9 Å². The molecule has 26 heavy (non-hydrogen) atoms. The van der Waals surface area contributed by atoms with Gasteiger partial charge < -0.3 is 15.5 Å². The van der Waals surface area contributed by atoms with E-state index in [1.54, 1.807) is 16.2 Å². The number of thiophene rings is 1. The first-order chi connectivity index (χ1) is 12.5. The molecule has 138 valence electrons. The molecule has 3 rings (SSSR count). The van der Waals surface area contributed by atoms with Crippen molar-refractivity contribution in [2.24, 2.45) is 5.92 Å². The molecule has 0 aliphatic carbocycles. The highest BCUT2D eigenvalue weighted by Crippen LogP contribution is 2.23. The fourth-order valence-electron chi connectivity index (χ4n) is 3.07. The van der Waals surface area contributed by atoms with E-state index in [1.807, 2.05) is 42.6 Å². The number of hydrogen-bond acceptors (Lipinski definition) is 3. The van der Waals surface area contributed by atoms with Crippen molar-refractivity contribution in [2.45, 2.75) is 26.3 Å². The molecule has 0 spiro atoms. The Morgan fingerprint density at radius 3 is 2.92 bits per heavy atom. The number of anilines is 1. The van der Waals surface area contributed by atoms with E-state index >= 15 is 0 Å². The van der Waals surface area contributed by atoms with Crippen LogP contribution in [0.15, 0.2) is 40.2 Å². The lowest BCUT2D eigenvalue weighted by Crippen LogP contribution is -2.47. The van der Waals surface area contributed by atoms with Crippen molar-refractivity contribution in [3.8, 4) is 0 Å². The summed E-state index contributed by atoms with van der Waals surface area (Å²) in [5.74, 6) is -0.203. The van der Waals surface area contributed by atoms with Gasteiger partial charge in [-0.25, -0.2) is 4.79 Å². The van der Waals surface area contributed by atoms with E-state index in [9.17, 15) is 9.59 Å². The van der Waals surface area contributed by atoms with Gasteiger partial charge in [-0.15, -0.1) is 11.3 Å². The SMILES string of the molecule is Cc1cc(Br)ccc1NC(=O)C1CCCN(C(=O)NCc2cccs2)C1. The summed E-state index contributed by atoms with van der Waals surface area (Å²) in [4.78, 5) is 27.9. The number of carbonyl (C=O) groups excluding carboxylic acids is 2. The first-order valence-electron chi connectivity index (χ1n) is 8.65. The highest BCUT2D eigenvalue weighted by atomic mass is 79.9. The zero-order valence-corrected chi connectivity index (χ0v) is 17.0. The van der Waals surface area contributed by atoms with E-state index in [4.69, 9.17) is 0 Å². The van der Waals surface area contributed by atoms with Crippen LogP contribution < -0.4 is 10.6 Å². The lowest BCUT2D eigenvalue weighted by Gasteiger charge is -2.32. The van der Waals surface area contributed by atoms with Gasteiger partial charge in [-0.3, -0.25) is 4.79 Å². The Labute approximate surface area is 165 Å². The molecule has 1 atom stereocenters. The van der Waals surface area contributed by atoms with Gasteiger partial charge in [0.2, 0.25) is 5.91 Å². The van der Waals surface area contributed by atoms with Gasteiger partial charge >= 0.3 is 6.03 Å². The molecule has 3 amide bonds. The van der Waals surface area contributed by atoms with Crippen LogP contribution in [0.2, 0.25) is 0 Å². The Morgan fingerprint density at radius 1 is 1.35 bits per heavy atom. The second-order valence-corrected chi connectivity index (χ2v) is 8.42. The molecule has 1 aliphatic rings. The number of nitrogens with zero attached hydrogens (tertiary/aromatic N) is 1. The number of halogens is 1. The van der Waals surface area contributed by atoms with Crippen molar-refractivity contribution < 1.29 is 9.59 Å². The molecular formula is C19H22BrN3O2S. The van der Waals surface area contributed by atoms with Crippen LogP contribution in [0.25, 0.3) is 0 Å². The standard InChI is InChI=1S/C19H22BrN3O2S/c1-13-10-15(20)6-7-17(13)22-18(24)14-4-2-8-23(12-14)19(25)21-11-16-5-3-9-26-16/h3,5-7,9-10,14H,2,4,8,11-12H2,1H3,(H,21,25)(H,22,24). The summed E-state index contributed by atoms with van der Waals surface area (Å²) in [5, 5.41) is 7.94. The van der Waals surface area contributed by atoms with Crippen LogP contribution in [-0.2, 0) is 11.3 Å². The van der Waals surface area contributed by atoms with Crippen molar-refractivity contribution in [2.75, 3.05) is 18.4 Å². The van der Waals surface area contributed by atoms with Crippen LogP contribution in [0.1, 0.15) is 23.3 Å². The van der Waals surface area contributed by atoms with Gasteiger partial charge in [0.25, 0.3) is 0 Å². The van der Waals surface area contributed by atoms with Crippen LogP contribution in [0.3, 0.4) is 0 Å². The molecular weight excluding hydrogens is 414 g/mol. The smallest absolute Gasteiger partial charge is 0.317 e. The van der Waals surface area contributed by atoms with Gasteiger partial charge in [-0.1, -0.05) is 22.0 Å². The second kappa shape index (κ2) is 8.68. The fourth-order valence-corrected chi connectivity index (χ4v) is 4.19. The lowest BCUT2D eigenvalue weighted by molar-refractivity contribution is -0.121. The molecule has 2 aromatic rings. The highest BCUT2D eigenvalue weighted by Gasteiger charge is 2.28. The third kappa shape index (κ3) is 4.86. The van der Waals surface area contributed by atoms with E-state index in [-0.39, 0.29) is 17.9 Å². The zero-order chi connectivity index (χ0) is 18.5. The van der Waals surface area contributed by atoms with Crippen LogP contribution in [0.5, 0.6) is 0 Å². The van der Waals surface area contributed by atoms with E-state index in [0.717, 1.165) is 33.4 Å². The number of carbonyl (C=O) groups is 2. The van der Waals surface area contributed by atoms with Gasteiger partial charge in [0.05, 0.1) is 12.5 Å². The zero-order valence-electron chi connectivity index (χ0n) is 14.6. The molecule has 0 bridgehead atoms. The first-order valence-corrected chi connectivity index (χ1v) is 10.3. The average molecular weight is 436 g/mol. The predicted octanol–water partition coefficient (Wildman–Crippen LogP) is 4.38. The van der Waals surface area contributed by atoms with Crippen LogP contribution >= 0.6 is 27.3 Å². The number of likely N-dealkylation sites (tertiary alicyclic amines) is 1. The summed E-state index contributed by atoms with van der Waals surface area (Å²) < 4.78 is 0.985. The minimum absolute atomic E-state index is 0.0221. The normalized spacial score (nSPS) is 17.0. The van der Waals surface area contributed by atoms with Gasteiger partial charge in [0, 0.05) is 28.1 Å². The molecule has 7 heteroatoms. The maximum absolute atomic E-state index is 12.6. The number of amides is 3. The summed E-state index contributed by atoms with van der Waals surface area (Å²) in [5.41, 5.74) is 1.83.